The number of ether oxygens (including phenoxy) is 1. The minimum atomic E-state index is -1.11. The Morgan fingerprint density at radius 3 is 2.50 bits per heavy atom. The summed E-state index contributed by atoms with van der Waals surface area (Å²) in [5, 5.41) is 12.6. The van der Waals surface area contributed by atoms with Gasteiger partial charge in [-0.1, -0.05) is 32.1 Å². The third kappa shape index (κ3) is 4.31. The fourth-order valence-electron chi connectivity index (χ4n) is 5.08. The van der Waals surface area contributed by atoms with Gasteiger partial charge < -0.3 is 20.1 Å². The maximum atomic E-state index is 15.0. The van der Waals surface area contributed by atoms with Crippen LogP contribution in [0.3, 0.4) is 0 Å². The Labute approximate surface area is 176 Å². The Bertz CT molecular complexity index is 803. The molecule has 0 saturated heterocycles. The topological polar surface area (TPSA) is 78.9 Å². The summed E-state index contributed by atoms with van der Waals surface area (Å²) in [4.78, 5) is 26.4. The lowest BCUT2D eigenvalue weighted by molar-refractivity contribution is -0.151. The standard InChI is InChI=1S/C23H31FN2O4/c1-14(23(28)29)30-21-13-26(16-9-5-6-10-16)20-12-19(18(24)11-17(20)22(21)27)25-15-7-3-2-4-8-15/h11-12,14-16,21,25H,2-10,13H2,1H3,(H,28,29)/t14-,21?/m0/s1. The molecule has 4 rings (SSSR count). The number of halogens is 1. The lowest BCUT2D eigenvalue weighted by Gasteiger charge is -2.40. The zero-order valence-electron chi connectivity index (χ0n) is 17.5. The molecule has 1 aliphatic heterocycles. The minimum Gasteiger partial charge on any atom is -0.479 e. The SMILES string of the molecule is C[C@H](OC1CN(C2CCCC2)c2cc(NC3CCCCC3)c(F)cc2C1=O)C(=O)O. The highest BCUT2D eigenvalue weighted by Crippen LogP contribution is 2.38. The molecule has 0 amide bonds. The van der Waals surface area contributed by atoms with Gasteiger partial charge in [0.2, 0.25) is 0 Å². The molecule has 0 aromatic heterocycles. The van der Waals surface area contributed by atoms with Gasteiger partial charge in [-0.25, -0.2) is 9.18 Å². The summed E-state index contributed by atoms with van der Waals surface area (Å²) >= 11 is 0. The third-order valence-corrected chi connectivity index (χ3v) is 6.76. The number of nitrogens with zero attached hydrogens (tertiary/aromatic N) is 1. The van der Waals surface area contributed by atoms with E-state index in [9.17, 15) is 19.1 Å². The van der Waals surface area contributed by atoms with E-state index in [1.54, 1.807) is 6.07 Å². The van der Waals surface area contributed by atoms with Crippen molar-refractivity contribution in [3.05, 3.63) is 23.5 Å². The molecule has 1 unspecified atom stereocenters. The molecule has 1 aromatic rings. The van der Waals surface area contributed by atoms with Crippen molar-refractivity contribution in [1.82, 2.24) is 0 Å². The molecule has 0 spiro atoms. The number of ketones is 1. The zero-order chi connectivity index (χ0) is 21.3. The molecule has 3 aliphatic rings. The number of rotatable bonds is 6. The smallest absolute Gasteiger partial charge is 0.332 e. The second-order valence-electron chi connectivity index (χ2n) is 8.89. The van der Waals surface area contributed by atoms with Crippen LogP contribution in [-0.4, -0.2) is 47.7 Å². The van der Waals surface area contributed by atoms with Crippen molar-refractivity contribution in [2.45, 2.75) is 89.0 Å². The van der Waals surface area contributed by atoms with Crippen molar-refractivity contribution in [3.63, 3.8) is 0 Å². The number of anilines is 2. The van der Waals surface area contributed by atoms with Crippen molar-refractivity contribution in [3.8, 4) is 0 Å². The number of hydrogen-bond donors (Lipinski definition) is 2. The molecule has 0 bridgehead atoms. The number of aliphatic carboxylic acids is 1. The molecule has 7 heteroatoms. The number of benzene rings is 1. The summed E-state index contributed by atoms with van der Waals surface area (Å²) in [5.41, 5.74) is 1.49. The molecule has 6 nitrogen and oxygen atoms in total. The van der Waals surface area contributed by atoms with Crippen LogP contribution in [0, 0.1) is 5.82 Å². The molecule has 1 aromatic carbocycles. The summed E-state index contributed by atoms with van der Waals surface area (Å²) in [7, 11) is 0. The average Bonchev–Trinajstić information content (AvgIpc) is 3.26. The van der Waals surface area contributed by atoms with Gasteiger partial charge in [-0.2, -0.15) is 0 Å². The van der Waals surface area contributed by atoms with Crippen molar-refractivity contribution in [2.75, 3.05) is 16.8 Å². The highest BCUT2D eigenvalue weighted by Gasteiger charge is 2.39. The van der Waals surface area contributed by atoms with E-state index in [0.717, 1.165) is 57.1 Å². The second-order valence-corrected chi connectivity index (χ2v) is 8.89. The van der Waals surface area contributed by atoms with Gasteiger partial charge in [-0.15, -0.1) is 0 Å². The molecule has 2 saturated carbocycles. The summed E-state index contributed by atoms with van der Waals surface area (Å²) in [5.74, 6) is -1.89. The number of Topliss-reactive ketones (excluding diaryl/α,β-unsaturated/α-hetero) is 1. The average molecular weight is 419 g/mol. The van der Waals surface area contributed by atoms with Gasteiger partial charge in [0.15, 0.2) is 11.9 Å². The molecule has 2 fully saturated rings. The summed E-state index contributed by atoms with van der Waals surface area (Å²) in [6.07, 6.45) is 7.86. The van der Waals surface area contributed by atoms with Gasteiger partial charge in [0.1, 0.15) is 11.9 Å². The van der Waals surface area contributed by atoms with Crippen molar-refractivity contribution in [1.29, 1.82) is 0 Å². The largest absolute Gasteiger partial charge is 0.479 e. The van der Waals surface area contributed by atoms with Gasteiger partial charge in [-0.05, 0) is 44.7 Å². The highest BCUT2D eigenvalue weighted by atomic mass is 19.1. The molecule has 1 heterocycles. The Hall–Kier alpha value is -2.15. The Balaban J connectivity index is 1.65. The fourth-order valence-corrected chi connectivity index (χ4v) is 5.08. The zero-order valence-corrected chi connectivity index (χ0v) is 17.5. The van der Waals surface area contributed by atoms with E-state index in [2.05, 4.69) is 10.2 Å². The predicted octanol–water partition coefficient (Wildman–Crippen LogP) is 4.37. The quantitative estimate of drug-likeness (QED) is 0.714. The van der Waals surface area contributed by atoms with E-state index in [4.69, 9.17) is 4.74 Å². The van der Waals surface area contributed by atoms with Crippen molar-refractivity contribution in [2.24, 2.45) is 0 Å². The normalized spacial score (nSPS) is 24.0. The first-order chi connectivity index (χ1) is 14.4. The van der Waals surface area contributed by atoms with Crippen LogP contribution in [0.1, 0.15) is 75.1 Å². The van der Waals surface area contributed by atoms with Crippen LogP contribution >= 0.6 is 0 Å². The number of nitrogens with one attached hydrogen (secondary N) is 1. The molecular weight excluding hydrogens is 387 g/mol. The molecular formula is C23H31FN2O4. The van der Waals surface area contributed by atoms with Gasteiger partial charge in [0.05, 0.1) is 17.9 Å². The second kappa shape index (κ2) is 8.92. The maximum absolute atomic E-state index is 15.0. The van der Waals surface area contributed by atoms with Crippen molar-refractivity contribution >= 4 is 23.1 Å². The molecule has 0 radical (unpaired) electrons. The van der Waals surface area contributed by atoms with E-state index in [1.807, 2.05) is 0 Å². The van der Waals surface area contributed by atoms with Gasteiger partial charge in [-0.3, -0.25) is 4.79 Å². The van der Waals surface area contributed by atoms with E-state index in [1.165, 1.54) is 19.4 Å². The first-order valence-corrected chi connectivity index (χ1v) is 11.2. The van der Waals surface area contributed by atoms with Crippen molar-refractivity contribution < 1.29 is 23.8 Å². The Morgan fingerprint density at radius 2 is 1.83 bits per heavy atom. The van der Waals surface area contributed by atoms with Crippen LogP contribution < -0.4 is 10.2 Å². The van der Waals surface area contributed by atoms with Crippen LogP contribution in [0.2, 0.25) is 0 Å². The van der Waals surface area contributed by atoms with E-state index >= 15 is 0 Å². The summed E-state index contributed by atoms with van der Waals surface area (Å²) in [6, 6.07) is 3.62. The van der Waals surface area contributed by atoms with Crippen LogP contribution in [0.4, 0.5) is 15.8 Å². The summed E-state index contributed by atoms with van der Waals surface area (Å²) in [6.45, 7) is 1.73. The minimum absolute atomic E-state index is 0.260. The highest BCUT2D eigenvalue weighted by molar-refractivity contribution is 6.07. The number of hydrogen-bond acceptors (Lipinski definition) is 5. The number of carboxylic acid groups (broad SMARTS) is 1. The van der Waals surface area contributed by atoms with E-state index in [0.29, 0.717) is 17.8 Å². The van der Waals surface area contributed by atoms with Gasteiger partial charge in [0.25, 0.3) is 0 Å². The molecule has 30 heavy (non-hydrogen) atoms. The fraction of sp³-hybridized carbons (Fsp3) is 0.652. The Kier molecular flexibility index (Phi) is 6.27. The lowest BCUT2D eigenvalue weighted by Crippen LogP contribution is -2.49. The predicted molar refractivity (Wildman–Crippen MR) is 113 cm³/mol. The molecule has 2 N–H and O–H groups in total. The number of carbonyl (C=O) groups excluding carboxylic acids is 1. The number of carbonyl (C=O) groups is 2. The molecule has 2 atom stereocenters. The van der Waals surface area contributed by atoms with Crippen LogP contribution in [-0.2, 0) is 9.53 Å². The van der Waals surface area contributed by atoms with E-state index in [-0.39, 0.29) is 17.9 Å². The van der Waals surface area contributed by atoms with E-state index < -0.39 is 24.0 Å². The monoisotopic (exact) mass is 418 g/mol. The summed E-state index contributed by atoms with van der Waals surface area (Å²) < 4.78 is 20.5. The first-order valence-electron chi connectivity index (χ1n) is 11.2. The molecule has 164 valence electrons. The first kappa shape index (κ1) is 21.1. The van der Waals surface area contributed by atoms with Crippen LogP contribution in [0.5, 0.6) is 0 Å². The molecule has 2 aliphatic carbocycles. The van der Waals surface area contributed by atoms with Gasteiger partial charge >= 0.3 is 5.97 Å². The van der Waals surface area contributed by atoms with Crippen LogP contribution in [0.25, 0.3) is 0 Å². The van der Waals surface area contributed by atoms with Crippen LogP contribution in [0.15, 0.2) is 12.1 Å². The Morgan fingerprint density at radius 1 is 1.17 bits per heavy atom. The third-order valence-electron chi connectivity index (χ3n) is 6.76. The maximum Gasteiger partial charge on any atom is 0.332 e. The number of carboxylic acids is 1. The lowest BCUT2D eigenvalue weighted by atomic mass is 9.93. The van der Waals surface area contributed by atoms with Gasteiger partial charge in [0, 0.05) is 17.6 Å². The number of fused-ring (bicyclic) bond motifs is 1.